The molecule has 6 atom stereocenters. The summed E-state index contributed by atoms with van der Waals surface area (Å²) in [6.07, 6.45) is 51.4. The van der Waals surface area contributed by atoms with Crippen LogP contribution in [-0.4, -0.2) is 96.7 Å². The minimum absolute atomic E-state index is 0.104. The first-order valence-corrected chi connectivity index (χ1v) is 41.0. The summed E-state index contributed by atoms with van der Waals surface area (Å²) in [6.45, 7) is 9.53. The molecule has 0 rings (SSSR count). The molecule has 546 valence electrons. The average Bonchev–Trinajstić information content (AvgIpc) is 3.54. The zero-order valence-electron chi connectivity index (χ0n) is 59.9. The average molecular weight is 1350 g/mol. The number of hydrogen-bond donors (Lipinski definition) is 3. The monoisotopic (exact) mass is 1350 g/mol. The molecule has 0 aromatic heterocycles. The minimum Gasteiger partial charge on any atom is -0.462 e. The van der Waals surface area contributed by atoms with Crippen LogP contribution in [0.4, 0.5) is 0 Å². The molecule has 0 aliphatic carbocycles. The predicted octanol–water partition coefficient (Wildman–Crippen LogP) is 21.2. The molecule has 0 radical (unpaired) electrons. The minimum atomic E-state index is -4.95. The molecule has 0 saturated heterocycles. The Labute approximate surface area is 562 Å². The highest BCUT2D eigenvalue weighted by molar-refractivity contribution is 7.47. The normalized spacial score (nSPS) is 14.4. The van der Waals surface area contributed by atoms with Crippen molar-refractivity contribution >= 4 is 39.5 Å². The van der Waals surface area contributed by atoms with E-state index in [0.717, 1.165) is 95.8 Å². The van der Waals surface area contributed by atoms with Crippen LogP contribution in [0.25, 0.3) is 0 Å². The van der Waals surface area contributed by atoms with Crippen molar-refractivity contribution in [3.05, 3.63) is 0 Å². The van der Waals surface area contributed by atoms with E-state index in [9.17, 15) is 43.2 Å². The predicted molar refractivity (Wildman–Crippen MR) is 372 cm³/mol. The van der Waals surface area contributed by atoms with Crippen LogP contribution < -0.4 is 0 Å². The van der Waals surface area contributed by atoms with Gasteiger partial charge in [-0.1, -0.05) is 324 Å². The zero-order chi connectivity index (χ0) is 67.9. The lowest BCUT2D eigenvalue weighted by atomic mass is 9.99. The summed E-state index contributed by atoms with van der Waals surface area (Å²) in [6, 6.07) is 0. The molecule has 17 nitrogen and oxygen atoms in total. The van der Waals surface area contributed by atoms with Gasteiger partial charge in [-0.2, -0.15) is 0 Å². The Kier molecular flexibility index (Phi) is 63.7. The van der Waals surface area contributed by atoms with E-state index in [-0.39, 0.29) is 25.7 Å². The van der Waals surface area contributed by atoms with Gasteiger partial charge in [-0.3, -0.25) is 37.3 Å². The summed E-state index contributed by atoms with van der Waals surface area (Å²) in [5.41, 5.74) is 0. The van der Waals surface area contributed by atoms with Crippen molar-refractivity contribution in [1.29, 1.82) is 0 Å². The number of phosphoric acid groups is 2. The van der Waals surface area contributed by atoms with E-state index in [0.29, 0.717) is 31.6 Å². The molecular weight excluding hydrogens is 1210 g/mol. The topological polar surface area (TPSA) is 237 Å². The molecule has 3 N–H and O–H groups in total. The highest BCUT2D eigenvalue weighted by Crippen LogP contribution is 2.45. The number of ether oxygens (including phenoxy) is 4. The summed E-state index contributed by atoms with van der Waals surface area (Å²) in [5.74, 6) is -0.617. The molecule has 0 spiro atoms. The maximum Gasteiger partial charge on any atom is 0.472 e. The van der Waals surface area contributed by atoms with Crippen molar-refractivity contribution in [2.45, 2.75) is 394 Å². The molecule has 0 amide bonds. The maximum absolute atomic E-state index is 13.1. The maximum atomic E-state index is 13.1. The van der Waals surface area contributed by atoms with E-state index in [2.05, 4.69) is 41.5 Å². The lowest BCUT2D eigenvalue weighted by molar-refractivity contribution is -0.161. The summed E-state index contributed by atoms with van der Waals surface area (Å²) >= 11 is 0. The number of esters is 4. The fourth-order valence-electron chi connectivity index (χ4n) is 11.1. The van der Waals surface area contributed by atoms with Crippen molar-refractivity contribution in [3.8, 4) is 0 Å². The fraction of sp³-hybridized carbons (Fsp3) is 0.945. The van der Waals surface area contributed by atoms with Crippen molar-refractivity contribution in [2.24, 2.45) is 11.8 Å². The van der Waals surface area contributed by atoms with Gasteiger partial charge in [-0.05, 0) is 37.5 Å². The lowest BCUT2D eigenvalue weighted by Gasteiger charge is -2.21. The molecule has 19 heteroatoms. The van der Waals surface area contributed by atoms with E-state index >= 15 is 0 Å². The Morgan fingerprint density at radius 2 is 0.554 bits per heavy atom. The molecule has 92 heavy (non-hydrogen) atoms. The van der Waals surface area contributed by atoms with Crippen molar-refractivity contribution in [2.75, 3.05) is 39.6 Å². The second-order valence-corrected chi connectivity index (χ2v) is 30.0. The quantitative estimate of drug-likeness (QED) is 0.0222. The van der Waals surface area contributed by atoms with Crippen LogP contribution in [0.1, 0.15) is 375 Å². The smallest absolute Gasteiger partial charge is 0.462 e. The van der Waals surface area contributed by atoms with Gasteiger partial charge in [0.25, 0.3) is 0 Å². The van der Waals surface area contributed by atoms with Gasteiger partial charge in [-0.25, -0.2) is 9.13 Å². The van der Waals surface area contributed by atoms with E-state index in [1.165, 1.54) is 193 Å². The molecule has 0 aromatic rings. The molecule has 0 aliphatic rings. The zero-order valence-corrected chi connectivity index (χ0v) is 61.6. The lowest BCUT2D eigenvalue weighted by Crippen LogP contribution is -2.30. The van der Waals surface area contributed by atoms with Gasteiger partial charge >= 0.3 is 39.5 Å². The number of rotatable bonds is 72. The largest absolute Gasteiger partial charge is 0.472 e. The van der Waals surface area contributed by atoms with Gasteiger partial charge in [-0.15, -0.1) is 0 Å². The Balaban J connectivity index is 5.23. The van der Waals surface area contributed by atoms with Crippen LogP contribution in [0.5, 0.6) is 0 Å². The second-order valence-electron chi connectivity index (χ2n) is 27.1. The van der Waals surface area contributed by atoms with E-state index < -0.39 is 97.5 Å². The third-order valence-electron chi connectivity index (χ3n) is 17.3. The first kappa shape index (κ1) is 90.1. The molecule has 0 aromatic carbocycles. The number of phosphoric ester groups is 2. The summed E-state index contributed by atoms with van der Waals surface area (Å²) in [7, 11) is -9.90. The second kappa shape index (κ2) is 65.0. The van der Waals surface area contributed by atoms with Crippen LogP contribution in [0.2, 0.25) is 0 Å². The Morgan fingerprint density at radius 1 is 0.315 bits per heavy atom. The summed E-state index contributed by atoms with van der Waals surface area (Å²) in [5, 5.41) is 10.6. The van der Waals surface area contributed by atoms with Crippen LogP contribution in [0.3, 0.4) is 0 Å². The first-order chi connectivity index (χ1) is 44.4. The molecule has 0 saturated carbocycles. The number of aliphatic hydroxyl groups is 1. The number of hydrogen-bond acceptors (Lipinski definition) is 15. The van der Waals surface area contributed by atoms with Gasteiger partial charge in [0.05, 0.1) is 26.4 Å². The fourth-order valence-corrected chi connectivity index (χ4v) is 12.7. The molecule has 0 aliphatic heterocycles. The van der Waals surface area contributed by atoms with Crippen molar-refractivity contribution in [1.82, 2.24) is 0 Å². The van der Waals surface area contributed by atoms with Crippen molar-refractivity contribution < 1.29 is 80.2 Å². The van der Waals surface area contributed by atoms with Crippen LogP contribution >= 0.6 is 15.6 Å². The van der Waals surface area contributed by atoms with E-state index in [1.54, 1.807) is 0 Å². The molecule has 0 heterocycles. The van der Waals surface area contributed by atoms with Gasteiger partial charge < -0.3 is 33.8 Å². The molecule has 0 bridgehead atoms. The van der Waals surface area contributed by atoms with Gasteiger partial charge in [0.15, 0.2) is 12.2 Å². The van der Waals surface area contributed by atoms with Gasteiger partial charge in [0.1, 0.15) is 19.3 Å². The van der Waals surface area contributed by atoms with E-state index in [4.69, 9.17) is 37.0 Å². The standard InChI is InChI=1S/C73H142O17P2/c1-7-10-12-14-16-18-20-21-22-23-24-25-26-27-33-39-45-51-57-72(77)89-68(61-84-71(76)56-50-44-38-32-29-28-30-36-42-48-54-66(6)9-3)63-87-91(79,80)85-59-67(74)60-86-92(81,82)88-64-69(90-73(78)58-52-46-40-34-35-41-47-53-65(4)5)62-83-70(75)55-49-43-37-31-19-17-15-13-11-8-2/h65-69,74H,7-64H2,1-6H3,(H,79,80)(H,81,82)/t66?,67-,68-,69-/m1/s1. The molecule has 0 fully saturated rings. The van der Waals surface area contributed by atoms with E-state index in [1.807, 2.05) is 0 Å². The Hall–Kier alpha value is -1.94. The number of carbonyl (C=O) groups excluding carboxylic acids is 4. The summed E-state index contributed by atoms with van der Waals surface area (Å²) < 4.78 is 68.4. The molecule has 3 unspecified atom stereocenters. The van der Waals surface area contributed by atoms with Crippen LogP contribution in [0, 0.1) is 11.8 Å². The van der Waals surface area contributed by atoms with Gasteiger partial charge in [0, 0.05) is 25.7 Å². The Bertz CT molecular complexity index is 1790. The van der Waals surface area contributed by atoms with Crippen molar-refractivity contribution in [3.63, 3.8) is 0 Å². The Morgan fingerprint density at radius 3 is 0.826 bits per heavy atom. The highest BCUT2D eigenvalue weighted by Gasteiger charge is 2.30. The number of unbranched alkanes of at least 4 members (excludes halogenated alkanes) is 41. The third kappa shape index (κ3) is 65.4. The summed E-state index contributed by atoms with van der Waals surface area (Å²) in [4.78, 5) is 72.6. The molecular formula is C73H142O17P2. The van der Waals surface area contributed by atoms with Crippen LogP contribution in [0.15, 0.2) is 0 Å². The first-order valence-electron chi connectivity index (χ1n) is 38.0. The SMILES string of the molecule is CCCCCCCCCCCCCCCCCCCCC(=O)O[C@H](COC(=O)CCCCCCCCCCCCC(C)CC)COP(=O)(O)OC[C@@H](O)COP(=O)(O)OC[C@@H](COC(=O)CCCCCCCCCCCC)OC(=O)CCCCCCCCCC(C)C. The highest BCUT2D eigenvalue weighted by atomic mass is 31.2. The number of aliphatic hydroxyl groups excluding tert-OH is 1. The van der Waals surface area contributed by atoms with Gasteiger partial charge in [0.2, 0.25) is 0 Å². The number of carbonyl (C=O) groups is 4. The third-order valence-corrected chi connectivity index (χ3v) is 19.2. The van der Waals surface area contributed by atoms with Crippen LogP contribution in [-0.2, 0) is 65.4 Å².